The lowest BCUT2D eigenvalue weighted by Crippen LogP contribution is -2.46. The van der Waals surface area contributed by atoms with E-state index in [1.165, 1.54) is 0 Å². The minimum absolute atomic E-state index is 0.364. The van der Waals surface area contributed by atoms with Gasteiger partial charge in [-0.2, -0.15) is 0 Å². The minimum atomic E-state index is -0.724. The molecule has 1 amide bonds. The Morgan fingerprint density at radius 2 is 1.67 bits per heavy atom. The van der Waals surface area contributed by atoms with Crippen molar-refractivity contribution in [2.45, 2.75) is 52.4 Å². The van der Waals surface area contributed by atoms with Crippen LogP contribution in [0.15, 0.2) is 30.3 Å². The molecule has 0 aromatic heterocycles. The quantitative estimate of drug-likeness (QED) is 0.846. The molecule has 0 aliphatic rings. The first-order valence-electron chi connectivity index (χ1n) is 6.94. The summed E-state index contributed by atoms with van der Waals surface area (Å²) < 4.78 is 10.7. The zero-order valence-electron chi connectivity index (χ0n) is 13.2. The largest absolute Gasteiger partial charge is 0.481 e. The number of hydrogen-bond donors (Lipinski definition) is 1. The van der Waals surface area contributed by atoms with E-state index in [0.29, 0.717) is 5.75 Å². The van der Waals surface area contributed by atoms with Gasteiger partial charge in [0.15, 0.2) is 6.10 Å². The molecule has 0 spiro atoms. The summed E-state index contributed by atoms with van der Waals surface area (Å²) in [5.41, 5.74) is -0.581. The summed E-state index contributed by atoms with van der Waals surface area (Å²) in [4.78, 5) is 23.8. The molecule has 0 saturated carbocycles. The van der Waals surface area contributed by atoms with Crippen LogP contribution in [0.1, 0.15) is 34.6 Å². The third kappa shape index (κ3) is 6.29. The van der Waals surface area contributed by atoms with Crippen LogP contribution in [0.25, 0.3) is 0 Å². The van der Waals surface area contributed by atoms with Crippen LogP contribution in [0.5, 0.6) is 5.75 Å². The van der Waals surface area contributed by atoms with Crippen LogP contribution in [-0.4, -0.2) is 29.6 Å². The highest BCUT2D eigenvalue weighted by Crippen LogP contribution is 2.11. The van der Waals surface area contributed by atoms with Gasteiger partial charge in [-0.1, -0.05) is 18.2 Å². The van der Waals surface area contributed by atoms with E-state index in [1.807, 2.05) is 18.2 Å². The van der Waals surface area contributed by atoms with Gasteiger partial charge >= 0.3 is 5.97 Å². The van der Waals surface area contributed by atoms with Gasteiger partial charge in [0.1, 0.15) is 17.4 Å². The number of ether oxygens (including phenoxy) is 2. The first kappa shape index (κ1) is 17.0. The Morgan fingerprint density at radius 1 is 1.10 bits per heavy atom. The van der Waals surface area contributed by atoms with Crippen LogP contribution < -0.4 is 10.1 Å². The molecule has 1 aromatic carbocycles. The zero-order chi connectivity index (χ0) is 16.0. The number of rotatable bonds is 5. The second-order valence-electron chi connectivity index (χ2n) is 5.84. The summed E-state index contributed by atoms with van der Waals surface area (Å²) in [7, 11) is 0. The summed E-state index contributed by atoms with van der Waals surface area (Å²) in [5, 5.41) is 2.58. The number of para-hydroxylation sites is 1. The van der Waals surface area contributed by atoms with Gasteiger partial charge in [-0.15, -0.1) is 0 Å². The van der Waals surface area contributed by atoms with Crippen LogP contribution in [0.4, 0.5) is 0 Å². The van der Waals surface area contributed by atoms with Crippen LogP contribution in [0, 0.1) is 0 Å². The number of carbonyl (C=O) groups is 2. The molecule has 0 bridgehead atoms. The van der Waals surface area contributed by atoms with E-state index in [-0.39, 0.29) is 5.91 Å². The molecule has 0 fully saturated rings. The number of benzene rings is 1. The summed E-state index contributed by atoms with van der Waals surface area (Å²) in [6.45, 7) is 8.55. The van der Waals surface area contributed by atoms with E-state index in [9.17, 15) is 9.59 Å². The second kappa shape index (κ2) is 7.11. The lowest BCUT2D eigenvalue weighted by Gasteiger charge is -2.23. The first-order valence-corrected chi connectivity index (χ1v) is 6.94. The van der Waals surface area contributed by atoms with Crippen LogP contribution in [-0.2, 0) is 14.3 Å². The molecule has 1 aromatic rings. The van der Waals surface area contributed by atoms with E-state index in [2.05, 4.69) is 5.32 Å². The highest BCUT2D eigenvalue weighted by atomic mass is 16.6. The number of carbonyl (C=O) groups excluding carboxylic acids is 2. The fraction of sp³-hybridized carbons (Fsp3) is 0.500. The molecule has 21 heavy (non-hydrogen) atoms. The number of hydrogen-bond acceptors (Lipinski definition) is 4. The number of amides is 1. The number of esters is 1. The summed E-state index contributed by atoms with van der Waals surface area (Å²) in [6, 6.07) is 8.32. The fourth-order valence-electron chi connectivity index (χ4n) is 1.54. The normalized spacial score (nSPS) is 14.0. The van der Waals surface area contributed by atoms with Crippen LogP contribution >= 0.6 is 0 Å². The van der Waals surface area contributed by atoms with Crippen LogP contribution in [0.2, 0.25) is 0 Å². The summed E-state index contributed by atoms with van der Waals surface area (Å²) >= 11 is 0. The molecule has 0 aliphatic heterocycles. The Balaban J connectivity index is 2.50. The van der Waals surface area contributed by atoms with Crippen molar-refractivity contribution in [1.29, 1.82) is 0 Å². The van der Waals surface area contributed by atoms with Crippen molar-refractivity contribution >= 4 is 11.9 Å². The maximum absolute atomic E-state index is 12.0. The van der Waals surface area contributed by atoms with Gasteiger partial charge in [-0.05, 0) is 46.8 Å². The van der Waals surface area contributed by atoms with Gasteiger partial charge in [0, 0.05) is 0 Å². The molecule has 0 saturated heterocycles. The Hall–Kier alpha value is -2.04. The Bertz CT molecular complexity index is 479. The van der Waals surface area contributed by atoms with Gasteiger partial charge in [0.25, 0.3) is 5.91 Å². The standard InChI is InChI=1S/C16H23NO4/c1-11(15(19)21-16(3,4)5)17-14(18)12(2)20-13-9-7-6-8-10-13/h6-12H,1-5H3,(H,17,18)/t11-,12?/m1/s1. The molecule has 1 N–H and O–H groups in total. The molecule has 0 radical (unpaired) electrons. The Labute approximate surface area is 125 Å². The molecule has 5 nitrogen and oxygen atoms in total. The van der Waals surface area contributed by atoms with E-state index >= 15 is 0 Å². The van der Waals surface area contributed by atoms with Crippen LogP contribution in [0.3, 0.4) is 0 Å². The van der Waals surface area contributed by atoms with E-state index < -0.39 is 23.7 Å². The smallest absolute Gasteiger partial charge is 0.328 e. The maximum atomic E-state index is 12.0. The molecule has 2 atom stereocenters. The maximum Gasteiger partial charge on any atom is 0.328 e. The summed E-state index contributed by atoms with van der Waals surface area (Å²) in [6.07, 6.45) is -0.697. The molecular weight excluding hydrogens is 270 g/mol. The van der Waals surface area contributed by atoms with Gasteiger partial charge in [-0.3, -0.25) is 4.79 Å². The predicted octanol–water partition coefficient (Wildman–Crippen LogP) is 2.30. The lowest BCUT2D eigenvalue weighted by atomic mass is 10.2. The SMILES string of the molecule is CC(Oc1ccccc1)C(=O)N[C@H](C)C(=O)OC(C)(C)C. The van der Waals surface area contributed by atoms with Gasteiger partial charge in [0.2, 0.25) is 0 Å². The molecule has 116 valence electrons. The Morgan fingerprint density at radius 3 is 2.19 bits per heavy atom. The predicted molar refractivity (Wildman–Crippen MR) is 80.0 cm³/mol. The monoisotopic (exact) mass is 293 g/mol. The third-order valence-electron chi connectivity index (χ3n) is 2.54. The average Bonchev–Trinajstić information content (AvgIpc) is 2.37. The zero-order valence-corrected chi connectivity index (χ0v) is 13.2. The van der Waals surface area contributed by atoms with Crippen molar-refractivity contribution in [3.8, 4) is 5.75 Å². The highest BCUT2D eigenvalue weighted by molar-refractivity contribution is 5.86. The molecular formula is C16H23NO4. The van der Waals surface area contributed by atoms with Gasteiger partial charge in [-0.25, -0.2) is 4.79 Å². The highest BCUT2D eigenvalue weighted by Gasteiger charge is 2.25. The number of nitrogens with one attached hydrogen (secondary N) is 1. The van der Waals surface area contributed by atoms with Crippen molar-refractivity contribution in [3.63, 3.8) is 0 Å². The second-order valence-corrected chi connectivity index (χ2v) is 5.84. The first-order chi connectivity index (χ1) is 9.69. The van der Waals surface area contributed by atoms with E-state index in [0.717, 1.165) is 0 Å². The minimum Gasteiger partial charge on any atom is -0.481 e. The fourth-order valence-corrected chi connectivity index (χ4v) is 1.54. The molecule has 0 aliphatic carbocycles. The van der Waals surface area contributed by atoms with Crippen molar-refractivity contribution in [2.75, 3.05) is 0 Å². The molecule has 5 heteroatoms. The van der Waals surface area contributed by atoms with Crippen molar-refractivity contribution in [2.24, 2.45) is 0 Å². The lowest BCUT2D eigenvalue weighted by molar-refractivity contribution is -0.158. The van der Waals surface area contributed by atoms with Crippen molar-refractivity contribution in [1.82, 2.24) is 5.32 Å². The van der Waals surface area contributed by atoms with E-state index in [1.54, 1.807) is 46.8 Å². The topological polar surface area (TPSA) is 64.6 Å². The van der Waals surface area contributed by atoms with Crippen molar-refractivity contribution < 1.29 is 19.1 Å². The van der Waals surface area contributed by atoms with Gasteiger partial charge in [0.05, 0.1) is 0 Å². The van der Waals surface area contributed by atoms with Crippen molar-refractivity contribution in [3.05, 3.63) is 30.3 Å². The average molecular weight is 293 g/mol. The molecule has 1 unspecified atom stereocenters. The molecule has 0 heterocycles. The third-order valence-corrected chi connectivity index (χ3v) is 2.54. The summed E-state index contributed by atoms with van der Waals surface area (Å²) in [5.74, 6) is -0.231. The molecule has 1 rings (SSSR count). The van der Waals surface area contributed by atoms with E-state index in [4.69, 9.17) is 9.47 Å². The Kier molecular flexibility index (Phi) is 5.76. The van der Waals surface area contributed by atoms with Gasteiger partial charge < -0.3 is 14.8 Å².